The maximum absolute atomic E-state index is 13.5. The van der Waals surface area contributed by atoms with Crippen LogP contribution >= 0.6 is 11.3 Å². The lowest BCUT2D eigenvalue weighted by atomic mass is 9.77. The predicted octanol–water partition coefficient (Wildman–Crippen LogP) is 6.87. The highest BCUT2D eigenvalue weighted by molar-refractivity contribution is 7.14. The first kappa shape index (κ1) is 33.0. The first-order chi connectivity index (χ1) is 23.8. The summed E-state index contributed by atoms with van der Waals surface area (Å²) in [5.74, 6) is -1.22. The lowest BCUT2D eigenvalue weighted by Crippen LogP contribution is -2.38. The number of oxime groups is 1. The fraction of sp³-hybridized carbons (Fsp3) is 0.189. The third kappa shape index (κ3) is 7.19. The molecule has 0 bridgehead atoms. The minimum atomic E-state index is -0.859. The quantitative estimate of drug-likeness (QED) is 0.0438. The number of hydrogen-bond acceptors (Lipinski definition) is 11. The Morgan fingerprint density at radius 3 is 1.94 bits per heavy atom. The largest absolute Gasteiger partial charge is 0.468 e. The molecule has 11 nitrogen and oxygen atoms in total. The van der Waals surface area contributed by atoms with Gasteiger partial charge in [-0.15, -0.1) is 11.3 Å². The Bertz CT molecular complexity index is 1850. The molecule has 0 aliphatic heterocycles. The fourth-order valence-corrected chi connectivity index (χ4v) is 6.25. The summed E-state index contributed by atoms with van der Waals surface area (Å²) in [6.45, 7) is -0.247. The summed E-state index contributed by atoms with van der Waals surface area (Å²) in [5, 5.41) is 21.0. The van der Waals surface area contributed by atoms with E-state index in [-0.39, 0.29) is 30.3 Å². The molecular formula is C37H32N4O7S. The first-order valence-electron chi connectivity index (χ1n) is 15.4. The summed E-state index contributed by atoms with van der Waals surface area (Å²) >= 11 is 1.28. The van der Waals surface area contributed by atoms with Crippen LogP contribution in [0.2, 0.25) is 0 Å². The Hall–Kier alpha value is -5.88. The monoisotopic (exact) mass is 676 g/mol. The van der Waals surface area contributed by atoms with Crippen molar-refractivity contribution in [2.24, 2.45) is 10.6 Å². The minimum absolute atomic E-state index is 0.0762. The molecule has 1 saturated carbocycles. The molecule has 49 heavy (non-hydrogen) atoms. The number of rotatable bonds is 14. The van der Waals surface area contributed by atoms with E-state index in [9.17, 15) is 19.7 Å². The van der Waals surface area contributed by atoms with Gasteiger partial charge >= 0.3 is 11.9 Å². The highest BCUT2D eigenvalue weighted by Gasteiger charge is 2.52. The standard InChI is InChI=1S/C37H32N4O7S/c1-46-34(43)36(21-22-36)25-48-40-32(33(42)47-23-26-17-19-30(20-18-26)41(44)45)31-24-49-35(38-31)39-37(27-11-5-2-6-12-27,28-13-7-3-8-14-28)29-15-9-4-10-16-29/h2-20,24H,21-23,25H2,1H3,(H,38,39). The average Bonchev–Trinajstić information content (AvgIpc) is 3.81. The third-order valence-electron chi connectivity index (χ3n) is 8.34. The van der Waals surface area contributed by atoms with Gasteiger partial charge in [-0.3, -0.25) is 14.9 Å². The second-order valence-electron chi connectivity index (χ2n) is 11.5. The molecule has 1 aliphatic rings. The number of anilines is 1. The van der Waals surface area contributed by atoms with Gasteiger partial charge in [-0.1, -0.05) is 96.2 Å². The van der Waals surface area contributed by atoms with Gasteiger partial charge in [0.2, 0.25) is 5.71 Å². The molecule has 1 aliphatic carbocycles. The van der Waals surface area contributed by atoms with Gasteiger partial charge in [0.1, 0.15) is 29.9 Å². The maximum atomic E-state index is 13.5. The summed E-state index contributed by atoms with van der Waals surface area (Å²) < 4.78 is 10.5. The van der Waals surface area contributed by atoms with Crippen molar-refractivity contribution >= 4 is 39.8 Å². The molecule has 1 aromatic heterocycles. The molecule has 5 aromatic rings. The highest BCUT2D eigenvalue weighted by Crippen LogP contribution is 2.47. The summed E-state index contributed by atoms with van der Waals surface area (Å²) in [6.07, 6.45) is 1.17. The molecule has 248 valence electrons. The van der Waals surface area contributed by atoms with Gasteiger partial charge in [0.25, 0.3) is 5.69 Å². The Labute approximate surface area is 286 Å². The van der Waals surface area contributed by atoms with Crippen molar-refractivity contribution in [3.63, 3.8) is 0 Å². The number of ether oxygens (including phenoxy) is 2. The van der Waals surface area contributed by atoms with Crippen molar-refractivity contribution in [1.29, 1.82) is 0 Å². The molecule has 12 heteroatoms. The molecule has 0 radical (unpaired) electrons. The van der Waals surface area contributed by atoms with Crippen LogP contribution in [0.25, 0.3) is 0 Å². The number of benzene rings is 4. The van der Waals surface area contributed by atoms with Gasteiger partial charge in [0.15, 0.2) is 5.13 Å². The molecule has 0 unspecified atom stereocenters. The lowest BCUT2D eigenvalue weighted by Gasteiger charge is -2.36. The summed E-state index contributed by atoms with van der Waals surface area (Å²) in [7, 11) is 1.32. The number of methoxy groups -OCH3 is 1. The van der Waals surface area contributed by atoms with Crippen LogP contribution in [0, 0.1) is 15.5 Å². The number of carbonyl (C=O) groups excluding carboxylic acids is 2. The molecule has 0 atom stereocenters. The van der Waals surface area contributed by atoms with Crippen molar-refractivity contribution in [2.75, 3.05) is 19.0 Å². The van der Waals surface area contributed by atoms with Gasteiger partial charge in [0, 0.05) is 17.5 Å². The second kappa shape index (κ2) is 14.5. The van der Waals surface area contributed by atoms with E-state index in [1.807, 2.05) is 91.0 Å². The van der Waals surface area contributed by atoms with Gasteiger partial charge in [0.05, 0.1) is 12.0 Å². The predicted molar refractivity (Wildman–Crippen MR) is 184 cm³/mol. The van der Waals surface area contributed by atoms with E-state index in [4.69, 9.17) is 19.3 Å². The number of carbonyl (C=O) groups is 2. The van der Waals surface area contributed by atoms with Crippen LogP contribution in [-0.4, -0.2) is 41.3 Å². The first-order valence-corrected chi connectivity index (χ1v) is 16.3. The van der Waals surface area contributed by atoms with Gasteiger partial charge < -0.3 is 19.6 Å². The van der Waals surface area contributed by atoms with Crippen LogP contribution in [-0.2, 0) is 36.0 Å². The normalized spacial score (nSPS) is 13.6. The van der Waals surface area contributed by atoms with E-state index < -0.39 is 27.8 Å². The lowest BCUT2D eigenvalue weighted by molar-refractivity contribution is -0.384. The number of hydrogen-bond donors (Lipinski definition) is 1. The number of nitrogens with one attached hydrogen (secondary N) is 1. The van der Waals surface area contributed by atoms with Crippen molar-refractivity contribution in [3.8, 4) is 0 Å². The molecule has 6 rings (SSSR count). The SMILES string of the molecule is COC(=O)C1(CON=C(C(=O)OCc2ccc([N+](=O)[O-])cc2)c2csc(NC(c3ccccc3)(c3ccccc3)c3ccccc3)n2)CC1. The summed E-state index contributed by atoms with van der Waals surface area (Å²) in [5.41, 5.74) is 1.73. The Morgan fingerprint density at radius 2 is 1.45 bits per heavy atom. The molecule has 1 fully saturated rings. The van der Waals surface area contributed by atoms with Crippen LogP contribution < -0.4 is 5.32 Å². The van der Waals surface area contributed by atoms with E-state index >= 15 is 0 Å². The number of thiazole rings is 1. The fourth-order valence-electron chi connectivity index (χ4n) is 5.50. The minimum Gasteiger partial charge on any atom is -0.468 e. The van der Waals surface area contributed by atoms with Gasteiger partial charge in [-0.25, -0.2) is 9.78 Å². The number of nitro benzene ring substituents is 1. The molecule has 0 spiro atoms. The summed E-state index contributed by atoms with van der Waals surface area (Å²) in [6, 6.07) is 35.7. The summed E-state index contributed by atoms with van der Waals surface area (Å²) in [4.78, 5) is 46.7. The van der Waals surface area contributed by atoms with Crippen LogP contribution in [0.5, 0.6) is 0 Å². The topological polar surface area (TPSA) is 142 Å². The second-order valence-corrected chi connectivity index (χ2v) is 12.4. The zero-order chi connectivity index (χ0) is 34.3. The molecule has 4 aromatic carbocycles. The van der Waals surface area contributed by atoms with Crippen LogP contribution in [0.1, 0.15) is 40.8 Å². The van der Waals surface area contributed by atoms with E-state index in [2.05, 4.69) is 10.5 Å². The van der Waals surface area contributed by atoms with Crippen molar-refractivity contribution < 1.29 is 28.8 Å². The van der Waals surface area contributed by atoms with Crippen LogP contribution in [0.3, 0.4) is 0 Å². The number of nitro groups is 1. The van der Waals surface area contributed by atoms with Crippen LogP contribution in [0.15, 0.2) is 126 Å². The van der Waals surface area contributed by atoms with E-state index in [0.29, 0.717) is 23.5 Å². The van der Waals surface area contributed by atoms with Gasteiger partial charge in [-0.05, 0) is 47.2 Å². The van der Waals surface area contributed by atoms with E-state index in [1.165, 1.54) is 42.7 Å². The third-order valence-corrected chi connectivity index (χ3v) is 9.10. The van der Waals surface area contributed by atoms with Gasteiger partial charge in [-0.2, -0.15) is 0 Å². The van der Waals surface area contributed by atoms with Crippen molar-refractivity contribution in [3.05, 3.63) is 159 Å². The molecule has 0 amide bonds. The Kier molecular flexibility index (Phi) is 9.77. The molecule has 1 heterocycles. The van der Waals surface area contributed by atoms with Crippen LogP contribution in [0.4, 0.5) is 10.8 Å². The Balaban J connectivity index is 1.33. The average molecular weight is 677 g/mol. The Morgan fingerprint density at radius 1 is 0.898 bits per heavy atom. The zero-order valence-electron chi connectivity index (χ0n) is 26.5. The molecule has 1 N–H and O–H groups in total. The molecular weight excluding hydrogens is 644 g/mol. The zero-order valence-corrected chi connectivity index (χ0v) is 27.3. The van der Waals surface area contributed by atoms with E-state index in [1.54, 1.807) is 5.38 Å². The smallest absolute Gasteiger partial charge is 0.363 e. The highest BCUT2D eigenvalue weighted by atomic mass is 32.1. The number of esters is 2. The molecule has 0 saturated heterocycles. The van der Waals surface area contributed by atoms with Crippen molar-refractivity contribution in [1.82, 2.24) is 4.98 Å². The number of aromatic nitrogens is 1. The van der Waals surface area contributed by atoms with Crippen molar-refractivity contribution in [2.45, 2.75) is 25.0 Å². The van der Waals surface area contributed by atoms with E-state index in [0.717, 1.165) is 16.7 Å². The number of non-ortho nitro benzene ring substituents is 1. The number of nitrogens with zero attached hydrogens (tertiary/aromatic N) is 3. The maximum Gasteiger partial charge on any atom is 0.363 e.